The van der Waals surface area contributed by atoms with Crippen molar-refractivity contribution >= 4 is 40.5 Å². The first kappa shape index (κ1) is 15.1. The van der Waals surface area contributed by atoms with E-state index in [9.17, 15) is 4.79 Å². The molecule has 0 bridgehead atoms. The summed E-state index contributed by atoms with van der Waals surface area (Å²) >= 11 is 10.9. The molecule has 0 aliphatic heterocycles. The lowest BCUT2D eigenvalue weighted by Crippen LogP contribution is -2.38. The highest BCUT2D eigenvalue weighted by Crippen LogP contribution is 2.28. The van der Waals surface area contributed by atoms with Crippen LogP contribution in [0.1, 0.15) is 24.8 Å². The molecule has 1 aromatic carbocycles. The van der Waals surface area contributed by atoms with E-state index in [1.807, 2.05) is 19.1 Å². The van der Waals surface area contributed by atoms with E-state index in [1.54, 1.807) is 11.0 Å². The predicted octanol–water partition coefficient (Wildman–Crippen LogP) is 3.32. The zero-order chi connectivity index (χ0) is 14.7. The lowest BCUT2D eigenvalue weighted by atomic mass is 10.2. The second kappa shape index (κ2) is 6.41. The van der Waals surface area contributed by atoms with Gasteiger partial charge in [0, 0.05) is 29.7 Å². The number of anilines is 1. The minimum Gasteiger partial charge on any atom is -0.393 e. The number of hydrogen-bond donors (Lipinski definition) is 2. The Bertz CT molecular complexity index is 531. The largest absolute Gasteiger partial charge is 0.393 e. The highest BCUT2D eigenvalue weighted by Gasteiger charge is 2.32. The first-order valence-electron chi connectivity index (χ1n) is 6.59. The number of urea groups is 1. The van der Waals surface area contributed by atoms with Gasteiger partial charge in [0.05, 0.1) is 4.99 Å². The molecule has 1 aliphatic carbocycles. The third-order valence-electron chi connectivity index (χ3n) is 3.27. The molecule has 0 atom stereocenters. The van der Waals surface area contributed by atoms with Gasteiger partial charge in [0.15, 0.2) is 0 Å². The van der Waals surface area contributed by atoms with Crippen molar-refractivity contribution in [3.8, 4) is 0 Å². The number of carbonyl (C=O) groups excluding carboxylic acids is 1. The number of benzene rings is 1. The molecule has 1 aliphatic rings. The van der Waals surface area contributed by atoms with E-state index in [0.717, 1.165) is 18.4 Å². The van der Waals surface area contributed by atoms with Gasteiger partial charge < -0.3 is 16.0 Å². The summed E-state index contributed by atoms with van der Waals surface area (Å²) in [6.07, 6.45) is 2.63. The van der Waals surface area contributed by atoms with Crippen molar-refractivity contribution in [3.63, 3.8) is 0 Å². The van der Waals surface area contributed by atoms with Crippen LogP contribution >= 0.6 is 23.8 Å². The van der Waals surface area contributed by atoms with Gasteiger partial charge in [-0.3, -0.25) is 0 Å². The minimum absolute atomic E-state index is 0.122. The average Bonchev–Trinajstić information content (AvgIpc) is 3.18. The summed E-state index contributed by atoms with van der Waals surface area (Å²) in [7, 11) is 0. The average molecular weight is 312 g/mol. The van der Waals surface area contributed by atoms with Crippen molar-refractivity contribution in [3.05, 3.63) is 28.8 Å². The molecule has 1 fully saturated rings. The fraction of sp³-hybridized carbons (Fsp3) is 0.429. The van der Waals surface area contributed by atoms with Crippen LogP contribution in [0.15, 0.2) is 18.2 Å². The Morgan fingerprint density at radius 3 is 2.80 bits per heavy atom. The van der Waals surface area contributed by atoms with Gasteiger partial charge in [0.2, 0.25) is 0 Å². The van der Waals surface area contributed by atoms with Crippen molar-refractivity contribution in [1.29, 1.82) is 0 Å². The number of nitrogens with two attached hydrogens (primary N) is 1. The van der Waals surface area contributed by atoms with E-state index < -0.39 is 0 Å². The van der Waals surface area contributed by atoms with E-state index in [-0.39, 0.29) is 6.03 Å². The van der Waals surface area contributed by atoms with E-state index in [2.05, 4.69) is 5.32 Å². The van der Waals surface area contributed by atoms with Crippen LogP contribution in [0, 0.1) is 6.92 Å². The normalized spacial score (nSPS) is 13.9. The summed E-state index contributed by atoms with van der Waals surface area (Å²) in [5, 5.41) is 3.52. The molecule has 4 nitrogen and oxygen atoms in total. The van der Waals surface area contributed by atoms with Crippen LogP contribution in [-0.4, -0.2) is 28.5 Å². The van der Waals surface area contributed by atoms with Gasteiger partial charge in [-0.05, 0) is 37.5 Å². The predicted molar refractivity (Wildman–Crippen MR) is 86.3 cm³/mol. The monoisotopic (exact) mass is 311 g/mol. The summed E-state index contributed by atoms with van der Waals surface area (Å²) in [6.45, 7) is 2.48. The van der Waals surface area contributed by atoms with Gasteiger partial charge in [-0.2, -0.15) is 0 Å². The molecule has 20 heavy (non-hydrogen) atoms. The molecule has 1 saturated carbocycles. The molecule has 6 heteroatoms. The quantitative estimate of drug-likeness (QED) is 0.820. The number of hydrogen-bond acceptors (Lipinski definition) is 2. The Hall–Kier alpha value is -1.33. The van der Waals surface area contributed by atoms with Gasteiger partial charge >= 0.3 is 6.03 Å². The maximum absolute atomic E-state index is 12.3. The second-order valence-corrected chi connectivity index (χ2v) is 5.97. The lowest BCUT2D eigenvalue weighted by molar-refractivity contribution is 0.210. The topological polar surface area (TPSA) is 58.4 Å². The van der Waals surface area contributed by atoms with Gasteiger partial charge in [-0.15, -0.1) is 0 Å². The standard InChI is InChI=1S/C14H18ClN3OS/c1-9-2-3-10(8-12(9)15)17-14(19)18(11-4-5-11)7-6-13(16)20/h2-3,8,11H,4-7H2,1H3,(H2,16,20)(H,17,19). The molecule has 0 saturated heterocycles. The maximum atomic E-state index is 12.3. The second-order valence-electron chi connectivity index (χ2n) is 5.03. The number of halogens is 1. The van der Waals surface area contributed by atoms with E-state index in [0.29, 0.717) is 34.7 Å². The zero-order valence-electron chi connectivity index (χ0n) is 11.4. The summed E-state index contributed by atoms with van der Waals surface area (Å²) in [4.78, 5) is 14.5. The molecule has 2 amide bonds. The number of rotatable bonds is 5. The first-order valence-corrected chi connectivity index (χ1v) is 7.38. The number of nitrogens with zero attached hydrogens (tertiary/aromatic N) is 1. The Kier molecular flexibility index (Phi) is 4.83. The van der Waals surface area contributed by atoms with Crippen molar-refractivity contribution < 1.29 is 4.79 Å². The molecule has 1 aromatic rings. The van der Waals surface area contributed by atoms with Crippen molar-refractivity contribution in [2.24, 2.45) is 5.73 Å². The highest BCUT2D eigenvalue weighted by atomic mass is 35.5. The molecular formula is C14H18ClN3OS. The lowest BCUT2D eigenvalue weighted by Gasteiger charge is -2.22. The summed E-state index contributed by atoms with van der Waals surface area (Å²) in [5.41, 5.74) is 7.19. The number of aryl methyl sites for hydroxylation is 1. The SMILES string of the molecule is Cc1ccc(NC(=O)N(CCC(N)=S)C2CC2)cc1Cl. The van der Waals surface area contributed by atoms with Crippen molar-refractivity contribution in [2.45, 2.75) is 32.2 Å². The van der Waals surface area contributed by atoms with Gasteiger partial charge in [0.1, 0.15) is 0 Å². The Morgan fingerprint density at radius 2 is 2.25 bits per heavy atom. The molecule has 2 rings (SSSR count). The third kappa shape index (κ3) is 4.08. The fourth-order valence-corrected chi connectivity index (χ4v) is 2.20. The van der Waals surface area contributed by atoms with Crippen LogP contribution < -0.4 is 11.1 Å². The number of thiocarbonyl (C=S) groups is 1. The van der Waals surface area contributed by atoms with E-state index >= 15 is 0 Å². The fourth-order valence-electron chi connectivity index (χ4n) is 1.93. The van der Waals surface area contributed by atoms with E-state index in [4.69, 9.17) is 29.6 Å². The third-order valence-corrected chi connectivity index (χ3v) is 3.88. The summed E-state index contributed by atoms with van der Waals surface area (Å²) in [5.74, 6) is 0. The molecule has 0 heterocycles. The minimum atomic E-state index is -0.122. The van der Waals surface area contributed by atoms with Crippen molar-refractivity contribution in [1.82, 2.24) is 4.90 Å². The highest BCUT2D eigenvalue weighted by molar-refractivity contribution is 7.80. The van der Waals surface area contributed by atoms with Crippen molar-refractivity contribution in [2.75, 3.05) is 11.9 Å². The van der Waals surface area contributed by atoms with Crippen LogP contribution in [0.5, 0.6) is 0 Å². The molecule has 108 valence electrons. The number of carbonyl (C=O) groups is 1. The Morgan fingerprint density at radius 1 is 1.55 bits per heavy atom. The van der Waals surface area contributed by atoms with Crippen LogP contribution in [0.25, 0.3) is 0 Å². The molecular weight excluding hydrogens is 294 g/mol. The summed E-state index contributed by atoms with van der Waals surface area (Å²) < 4.78 is 0. The van der Waals surface area contributed by atoms with E-state index in [1.165, 1.54) is 0 Å². The van der Waals surface area contributed by atoms with Crippen LogP contribution in [0.4, 0.5) is 10.5 Å². The van der Waals surface area contributed by atoms with Crippen LogP contribution in [0.3, 0.4) is 0 Å². The van der Waals surface area contributed by atoms with Gasteiger partial charge in [-0.25, -0.2) is 4.79 Å². The molecule has 0 aromatic heterocycles. The Balaban J connectivity index is 2.00. The molecule has 0 radical (unpaired) electrons. The Labute approximate surface area is 129 Å². The first-order chi connectivity index (χ1) is 9.47. The van der Waals surface area contributed by atoms with Crippen LogP contribution in [0.2, 0.25) is 5.02 Å². The molecule has 0 spiro atoms. The van der Waals surface area contributed by atoms with Gasteiger partial charge in [-0.1, -0.05) is 29.9 Å². The number of nitrogens with one attached hydrogen (secondary N) is 1. The zero-order valence-corrected chi connectivity index (χ0v) is 12.9. The molecule has 3 N–H and O–H groups in total. The van der Waals surface area contributed by atoms with Gasteiger partial charge in [0.25, 0.3) is 0 Å². The molecule has 0 unspecified atom stereocenters. The maximum Gasteiger partial charge on any atom is 0.322 e. The van der Waals surface area contributed by atoms with Crippen LogP contribution in [-0.2, 0) is 0 Å². The smallest absolute Gasteiger partial charge is 0.322 e. The number of amides is 2. The summed E-state index contributed by atoms with van der Waals surface area (Å²) in [6, 6.07) is 5.67.